The number of fused-ring (bicyclic) bond motifs is 1. The van der Waals surface area contributed by atoms with E-state index in [1.54, 1.807) is 6.92 Å². The molecule has 0 saturated carbocycles. The van der Waals surface area contributed by atoms with E-state index in [1.807, 2.05) is 110 Å². The zero-order valence-corrected chi connectivity index (χ0v) is 22.6. The molecule has 7 nitrogen and oxygen atoms in total. The predicted molar refractivity (Wildman–Crippen MR) is 158 cm³/mol. The lowest BCUT2D eigenvalue weighted by Crippen LogP contribution is -2.50. The minimum absolute atomic E-state index is 0.126. The Bertz CT molecular complexity index is 1500. The molecule has 4 aromatic carbocycles. The minimum atomic E-state index is -0.734. The van der Waals surface area contributed by atoms with E-state index in [-0.39, 0.29) is 18.2 Å². The van der Waals surface area contributed by atoms with Gasteiger partial charge in [0.2, 0.25) is 11.8 Å². The number of hydrogen-bond acceptors (Lipinski definition) is 5. The molecule has 0 bridgehead atoms. The summed E-state index contributed by atoms with van der Waals surface area (Å²) in [6.45, 7) is 2.17. The predicted octanol–water partition coefficient (Wildman–Crippen LogP) is 4.96. The third-order valence-electron chi connectivity index (χ3n) is 6.67. The van der Waals surface area contributed by atoms with E-state index in [9.17, 15) is 9.59 Å². The van der Waals surface area contributed by atoms with Gasteiger partial charge in [0.15, 0.2) is 0 Å². The van der Waals surface area contributed by atoms with Gasteiger partial charge in [-0.25, -0.2) is 0 Å². The Morgan fingerprint density at radius 3 is 2.35 bits per heavy atom. The van der Waals surface area contributed by atoms with Crippen LogP contribution >= 0.6 is 0 Å². The number of amides is 2. The Kier molecular flexibility index (Phi) is 8.21. The highest BCUT2D eigenvalue weighted by molar-refractivity contribution is 6.16. The van der Waals surface area contributed by atoms with Crippen molar-refractivity contribution in [1.82, 2.24) is 10.6 Å². The van der Waals surface area contributed by atoms with Gasteiger partial charge in [-0.2, -0.15) is 0 Å². The van der Waals surface area contributed by atoms with Gasteiger partial charge in [-0.05, 0) is 42.8 Å². The van der Waals surface area contributed by atoms with Crippen molar-refractivity contribution in [3.05, 3.63) is 126 Å². The van der Waals surface area contributed by atoms with Crippen molar-refractivity contribution in [3.8, 4) is 11.5 Å². The summed E-state index contributed by atoms with van der Waals surface area (Å²) < 4.78 is 5.88. The Hall–Kier alpha value is -4.91. The molecule has 2 N–H and O–H groups in total. The number of benzene rings is 4. The van der Waals surface area contributed by atoms with Gasteiger partial charge in [-0.3, -0.25) is 14.6 Å². The second kappa shape index (κ2) is 12.3. The molecule has 1 aliphatic heterocycles. The monoisotopic (exact) mass is 532 g/mol. The van der Waals surface area contributed by atoms with Crippen molar-refractivity contribution in [1.29, 1.82) is 0 Å². The van der Waals surface area contributed by atoms with Gasteiger partial charge in [-0.1, -0.05) is 78.9 Å². The highest BCUT2D eigenvalue weighted by atomic mass is 16.5. The summed E-state index contributed by atoms with van der Waals surface area (Å²) in [6.07, 6.45) is -0.368. The number of para-hydroxylation sites is 2. The number of ether oxygens (including phenoxy) is 1. The van der Waals surface area contributed by atoms with Crippen molar-refractivity contribution >= 4 is 23.2 Å². The van der Waals surface area contributed by atoms with Gasteiger partial charge in [0.1, 0.15) is 23.7 Å². The molecule has 40 heavy (non-hydrogen) atoms. The fraction of sp³-hybridized carbons (Fsp3) is 0.182. The Morgan fingerprint density at radius 2 is 1.57 bits per heavy atom. The Balaban J connectivity index is 1.24. The van der Waals surface area contributed by atoms with Gasteiger partial charge >= 0.3 is 0 Å². The van der Waals surface area contributed by atoms with Gasteiger partial charge in [-0.15, -0.1) is 0 Å². The van der Waals surface area contributed by atoms with E-state index in [0.717, 1.165) is 33.8 Å². The fourth-order valence-corrected chi connectivity index (χ4v) is 4.71. The van der Waals surface area contributed by atoms with Crippen LogP contribution in [-0.2, 0) is 16.0 Å². The van der Waals surface area contributed by atoms with Crippen LogP contribution in [-0.4, -0.2) is 43.3 Å². The number of carbonyl (C=O) groups is 2. The van der Waals surface area contributed by atoms with Crippen LogP contribution in [0.25, 0.3) is 0 Å². The van der Waals surface area contributed by atoms with Gasteiger partial charge < -0.3 is 20.3 Å². The lowest BCUT2D eigenvalue weighted by Gasteiger charge is -2.24. The van der Waals surface area contributed by atoms with Crippen LogP contribution in [0.1, 0.15) is 23.6 Å². The normalized spacial score (nSPS) is 15.2. The number of nitrogens with zero attached hydrogens (tertiary/aromatic N) is 2. The van der Waals surface area contributed by atoms with E-state index < -0.39 is 12.2 Å². The van der Waals surface area contributed by atoms with Gasteiger partial charge in [0.25, 0.3) is 0 Å². The molecule has 2 amide bonds. The molecule has 5 rings (SSSR count). The van der Waals surface area contributed by atoms with Crippen molar-refractivity contribution in [2.75, 3.05) is 18.5 Å². The van der Waals surface area contributed by atoms with Crippen molar-refractivity contribution in [2.24, 2.45) is 4.99 Å². The van der Waals surface area contributed by atoms with E-state index >= 15 is 0 Å². The van der Waals surface area contributed by atoms with Crippen molar-refractivity contribution < 1.29 is 14.3 Å². The zero-order valence-electron chi connectivity index (χ0n) is 22.6. The van der Waals surface area contributed by atoms with Crippen LogP contribution in [0.2, 0.25) is 0 Å². The molecule has 0 spiro atoms. The number of carbonyl (C=O) groups excluding carboxylic acids is 2. The van der Waals surface area contributed by atoms with Crippen LogP contribution in [0, 0.1) is 0 Å². The summed E-state index contributed by atoms with van der Waals surface area (Å²) >= 11 is 0. The van der Waals surface area contributed by atoms with Crippen LogP contribution in [0.5, 0.6) is 11.5 Å². The first-order valence-corrected chi connectivity index (χ1v) is 13.3. The molecule has 0 unspecified atom stereocenters. The average Bonchev–Trinajstić information content (AvgIpc) is 3.10. The average molecular weight is 533 g/mol. The fourth-order valence-electron chi connectivity index (χ4n) is 4.71. The summed E-state index contributed by atoms with van der Waals surface area (Å²) in [7, 11) is 1.99. The maximum atomic E-state index is 13.2. The molecule has 1 heterocycles. The number of aliphatic imine (C=N–C) groups is 1. The summed E-state index contributed by atoms with van der Waals surface area (Å²) in [4.78, 5) is 33.0. The molecule has 0 aromatic heterocycles. The molecule has 0 saturated heterocycles. The number of nitrogens with one attached hydrogen (secondary N) is 2. The van der Waals surface area contributed by atoms with E-state index in [1.165, 1.54) is 0 Å². The Morgan fingerprint density at radius 1 is 0.900 bits per heavy atom. The molecule has 0 aliphatic carbocycles. The molecule has 7 heteroatoms. The van der Waals surface area contributed by atoms with Crippen LogP contribution < -0.4 is 20.3 Å². The first-order valence-electron chi connectivity index (χ1n) is 13.3. The summed E-state index contributed by atoms with van der Waals surface area (Å²) in [5, 5.41) is 5.85. The SMILES string of the molecule is C[C@H](NC(=O)Cc1cccc(Oc2ccccc2)c1)C(=O)N[C@@H]1CN(C)c2ccccc2C(c2ccccc2)=N1. The third kappa shape index (κ3) is 6.56. The summed E-state index contributed by atoms with van der Waals surface area (Å²) in [5.74, 6) is 0.820. The van der Waals surface area contributed by atoms with E-state index in [2.05, 4.69) is 21.6 Å². The van der Waals surface area contributed by atoms with Crippen molar-refractivity contribution in [3.63, 3.8) is 0 Å². The van der Waals surface area contributed by atoms with Crippen LogP contribution in [0.3, 0.4) is 0 Å². The van der Waals surface area contributed by atoms with Gasteiger partial charge in [0, 0.05) is 23.9 Å². The zero-order chi connectivity index (χ0) is 27.9. The maximum Gasteiger partial charge on any atom is 0.243 e. The quantitative estimate of drug-likeness (QED) is 0.336. The molecular formula is C33H32N4O3. The molecule has 202 valence electrons. The molecule has 4 aromatic rings. The number of rotatable bonds is 8. The molecule has 0 radical (unpaired) electrons. The van der Waals surface area contributed by atoms with Crippen molar-refractivity contribution in [2.45, 2.75) is 25.6 Å². The van der Waals surface area contributed by atoms with Crippen LogP contribution in [0.15, 0.2) is 114 Å². The number of likely N-dealkylation sites (N-methyl/N-ethyl adjacent to an activating group) is 1. The van der Waals surface area contributed by atoms with Gasteiger partial charge in [0.05, 0.1) is 18.7 Å². The largest absolute Gasteiger partial charge is 0.457 e. The second-order valence-electron chi connectivity index (χ2n) is 9.79. The van der Waals surface area contributed by atoms with Crippen LogP contribution in [0.4, 0.5) is 5.69 Å². The summed E-state index contributed by atoms with van der Waals surface area (Å²) in [5.41, 5.74) is 4.64. The molecule has 2 atom stereocenters. The minimum Gasteiger partial charge on any atom is -0.457 e. The third-order valence-corrected chi connectivity index (χ3v) is 6.67. The van der Waals surface area contributed by atoms with E-state index in [0.29, 0.717) is 12.3 Å². The standard InChI is InChI=1S/C33H32N4O3/c1-23(34-31(38)21-24-12-11-17-27(20-24)40-26-15-7-4-8-16-26)33(39)36-30-22-37(2)29-19-10-9-18-28(29)32(35-30)25-13-5-3-6-14-25/h3-20,23,30H,21-22H2,1-2H3,(H,34,38)(H,36,39)/t23-,30+/m0/s1. The highest BCUT2D eigenvalue weighted by Crippen LogP contribution is 2.26. The van der Waals surface area contributed by atoms with E-state index in [4.69, 9.17) is 9.73 Å². The first kappa shape index (κ1) is 26.7. The number of hydrogen-bond donors (Lipinski definition) is 2. The summed E-state index contributed by atoms with van der Waals surface area (Å²) in [6, 6.07) is 34.2. The molecule has 1 aliphatic rings. The molecule has 0 fully saturated rings. The lowest BCUT2D eigenvalue weighted by atomic mass is 10.0. The first-order chi connectivity index (χ1) is 19.5. The maximum absolute atomic E-state index is 13.2. The lowest BCUT2D eigenvalue weighted by molar-refractivity contribution is -0.128. The highest BCUT2D eigenvalue weighted by Gasteiger charge is 2.25. The Labute approximate surface area is 234 Å². The second-order valence-corrected chi connectivity index (χ2v) is 9.79. The smallest absolute Gasteiger partial charge is 0.243 e. The number of anilines is 1. The molecular weight excluding hydrogens is 500 g/mol. The number of benzodiazepines with no additional fused rings is 1. The topological polar surface area (TPSA) is 83.0 Å².